The molecule has 1 amide bonds. The quantitative estimate of drug-likeness (QED) is 0.824. The van der Waals surface area contributed by atoms with Gasteiger partial charge in [0.05, 0.1) is 6.20 Å². The van der Waals surface area contributed by atoms with Crippen LogP contribution < -0.4 is 10.6 Å². The zero-order chi connectivity index (χ0) is 13.1. The summed E-state index contributed by atoms with van der Waals surface area (Å²) in [6.07, 6.45) is 3.59. The molecule has 0 aliphatic carbocycles. The monoisotopic (exact) mass is 249 g/mol. The van der Waals surface area contributed by atoms with Gasteiger partial charge in [-0.15, -0.1) is 0 Å². The van der Waals surface area contributed by atoms with Crippen molar-refractivity contribution in [2.24, 2.45) is 10.9 Å². The van der Waals surface area contributed by atoms with E-state index in [1.807, 2.05) is 13.1 Å². The van der Waals surface area contributed by atoms with Crippen LogP contribution in [0.4, 0.5) is 0 Å². The number of amides is 1. The van der Waals surface area contributed by atoms with Crippen LogP contribution in [0.2, 0.25) is 0 Å². The Balaban J connectivity index is 2.07. The van der Waals surface area contributed by atoms with Gasteiger partial charge in [-0.3, -0.25) is 19.8 Å². The summed E-state index contributed by atoms with van der Waals surface area (Å²) in [4.78, 5) is 16.2. The number of aromatic nitrogens is 2. The average Bonchev–Trinajstić information content (AvgIpc) is 2.92. The summed E-state index contributed by atoms with van der Waals surface area (Å²) in [5.74, 6) is 0.953. The smallest absolute Gasteiger partial charge is 0.254 e. The van der Waals surface area contributed by atoms with Crippen LogP contribution >= 0.6 is 0 Å². The van der Waals surface area contributed by atoms with Gasteiger partial charge in [-0.25, -0.2) is 0 Å². The molecule has 2 heterocycles. The van der Waals surface area contributed by atoms with Crippen molar-refractivity contribution in [1.29, 1.82) is 0 Å². The number of aliphatic imine (C=N–C) groups is 1. The molecule has 6 nitrogen and oxygen atoms in total. The van der Waals surface area contributed by atoms with Crippen molar-refractivity contribution in [3.05, 3.63) is 18.0 Å². The summed E-state index contributed by atoms with van der Waals surface area (Å²) in [6.45, 7) is 7.67. The van der Waals surface area contributed by atoms with E-state index in [1.165, 1.54) is 0 Å². The predicted molar refractivity (Wildman–Crippen MR) is 69.1 cm³/mol. The minimum atomic E-state index is -0.379. The topological polar surface area (TPSA) is 71.3 Å². The first kappa shape index (κ1) is 12.6. The van der Waals surface area contributed by atoms with Crippen molar-refractivity contribution >= 4 is 11.9 Å². The first-order valence-corrected chi connectivity index (χ1v) is 6.24. The van der Waals surface area contributed by atoms with E-state index in [0.29, 0.717) is 18.4 Å². The van der Waals surface area contributed by atoms with E-state index < -0.39 is 0 Å². The third kappa shape index (κ3) is 2.69. The first-order chi connectivity index (χ1) is 8.60. The zero-order valence-corrected chi connectivity index (χ0v) is 11.0. The molecule has 6 heteroatoms. The Bertz CT molecular complexity index is 463. The number of carbonyl (C=O) groups is 1. The van der Waals surface area contributed by atoms with Gasteiger partial charge < -0.3 is 5.32 Å². The molecular weight excluding hydrogens is 230 g/mol. The van der Waals surface area contributed by atoms with Crippen LogP contribution in [0.25, 0.3) is 0 Å². The van der Waals surface area contributed by atoms with Crippen LogP contribution in [0.1, 0.15) is 32.4 Å². The fraction of sp³-hybridized carbons (Fsp3) is 0.583. The Kier molecular flexibility index (Phi) is 3.64. The highest BCUT2D eigenvalue weighted by Gasteiger charge is 2.30. The third-order valence-electron chi connectivity index (χ3n) is 2.71. The van der Waals surface area contributed by atoms with Gasteiger partial charge in [0.25, 0.3) is 5.91 Å². The molecule has 0 radical (unpaired) electrons. The lowest BCUT2D eigenvalue weighted by molar-refractivity contribution is -0.120. The highest BCUT2D eigenvalue weighted by molar-refractivity contribution is 6.06. The summed E-state index contributed by atoms with van der Waals surface area (Å²) < 4.78 is 1.80. The second-order valence-corrected chi connectivity index (χ2v) is 4.78. The van der Waals surface area contributed by atoms with Crippen molar-refractivity contribution in [1.82, 2.24) is 20.4 Å². The SMILES string of the molecule is CCn1cc(C2NC(=NCC(C)C)NC2=O)cn1. The third-order valence-corrected chi connectivity index (χ3v) is 2.71. The van der Waals surface area contributed by atoms with E-state index in [-0.39, 0.29) is 11.9 Å². The molecule has 1 unspecified atom stereocenters. The minimum absolute atomic E-state index is 0.0758. The molecule has 1 fully saturated rings. The Morgan fingerprint density at radius 3 is 2.94 bits per heavy atom. The van der Waals surface area contributed by atoms with E-state index in [0.717, 1.165) is 12.1 Å². The van der Waals surface area contributed by atoms with Gasteiger partial charge in [0.2, 0.25) is 0 Å². The van der Waals surface area contributed by atoms with Crippen LogP contribution in [0.5, 0.6) is 0 Å². The van der Waals surface area contributed by atoms with Gasteiger partial charge in [-0.1, -0.05) is 13.8 Å². The molecule has 1 saturated heterocycles. The molecule has 0 aromatic carbocycles. The largest absolute Gasteiger partial charge is 0.340 e. The fourth-order valence-corrected chi connectivity index (χ4v) is 1.72. The summed E-state index contributed by atoms with van der Waals surface area (Å²) in [5.41, 5.74) is 0.865. The predicted octanol–water partition coefficient (Wildman–Crippen LogP) is 0.675. The summed E-state index contributed by atoms with van der Waals surface area (Å²) in [7, 11) is 0. The molecule has 0 saturated carbocycles. The Morgan fingerprint density at radius 2 is 2.33 bits per heavy atom. The Labute approximate surface area is 106 Å². The number of hydrogen-bond acceptors (Lipinski definition) is 3. The molecular formula is C12H19N5O. The first-order valence-electron chi connectivity index (χ1n) is 6.24. The van der Waals surface area contributed by atoms with Crippen molar-refractivity contribution < 1.29 is 4.79 Å². The van der Waals surface area contributed by atoms with Crippen LogP contribution in [-0.4, -0.2) is 28.2 Å². The van der Waals surface area contributed by atoms with Crippen molar-refractivity contribution in [3.63, 3.8) is 0 Å². The van der Waals surface area contributed by atoms with Gasteiger partial charge in [0.1, 0.15) is 6.04 Å². The lowest BCUT2D eigenvalue weighted by Gasteiger charge is -2.04. The van der Waals surface area contributed by atoms with Crippen LogP contribution in [0, 0.1) is 5.92 Å². The average molecular weight is 249 g/mol. The van der Waals surface area contributed by atoms with Crippen LogP contribution in [-0.2, 0) is 11.3 Å². The molecule has 1 atom stereocenters. The second kappa shape index (κ2) is 5.20. The van der Waals surface area contributed by atoms with Crippen molar-refractivity contribution in [3.8, 4) is 0 Å². The molecule has 1 aliphatic rings. The minimum Gasteiger partial charge on any atom is -0.340 e. The fourth-order valence-electron chi connectivity index (χ4n) is 1.72. The standard InChI is InChI=1S/C12H19N5O/c1-4-17-7-9(6-14-17)10-11(18)16-12(15-10)13-5-8(2)3/h6-8,10H,4-5H2,1-3H3,(H2,13,15,16,18). The number of carbonyl (C=O) groups excluding carboxylic acids is 1. The summed E-state index contributed by atoms with van der Waals surface area (Å²) in [5, 5.41) is 10.0. The maximum absolute atomic E-state index is 11.8. The highest BCUT2D eigenvalue weighted by atomic mass is 16.2. The molecule has 98 valence electrons. The van der Waals surface area contributed by atoms with Gasteiger partial charge in [0.15, 0.2) is 5.96 Å². The number of hydrogen-bond donors (Lipinski definition) is 2. The molecule has 2 rings (SSSR count). The Morgan fingerprint density at radius 1 is 1.56 bits per heavy atom. The van der Waals surface area contributed by atoms with Gasteiger partial charge in [0, 0.05) is 24.8 Å². The molecule has 1 aliphatic heterocycles. The maximum Gasteiger partial charge on any atom is 0.254 e. The number of rotatable bonds is 4. The van der Waals surface area contributed by atoms with E-state index in [9.17, 15) is 4.79 Å². The summed E-state index contributed by atoms with van der Waals surface area (Å²) >= 11 is 0. The lowest BCUT2D eigenvalue weighted by atomic mass is 10.2. The Hall–Kier alpha value is -1.85. The molecule has 1 aromatic rings. The summed E-state index contributed by atoms with van der Waals surface area (Å²) in [6, 6.07) is -0.379. The highest BCUT2D eigenvalue weighted by Crippen LogP contribution is 2.15. The molecule has 0 spiro atoms. The number of aryl methyl sites for hydroxylation is 1. The van der Waals surface area contributed by atoms with Crippen molar-refractivity contribution in [2.75, 3.05) is 6.54 Å². The zero-order valence-electron chi connectivity index (χ0n) is 11.0. The lowest BCUT2D eigenvalue weighted by Crippen LogP contribution is -2.26. The number of nitrogens with one attached hydrogen (secondary N) is 2. The van der Waals surface area contributed by atoms with Gasteiger partial charge >= 0.3 is 0 Å². The molecule has 2 N–H and O–H groups in total. The molecule has 0 bridgehead atoms. The molecule has 18 heavy (non-hydrogen) atoms. The van der Waals surface area contributed by atoms with E-state index in [1.54, 1.807) is 10.9 Å². The maximum atomic E-state index is 11.8. The van der Waals surface area contributed by atoms with Crippen molar-refractivity contribution in [2.45, 2.75) is 33.4 Å². The van der Waals surface area contributed by atoms with Gasteiger partial charge in [-0.2, -0.15) is 5.10 Å². The van der Waals surface area contributed by atoms with Crippen LogP contribution in [0.3, 0.4) is 0 Å². The number of guanidine groups is 1. The number of nitrogens with zero attached hydrogens (tertiary/aromatic N) is 3. The van der Waals surface area contributed by atoms with E-state index >= 15 is 0 Å². The normalized spacial score (nSPS) is 21.4. The molecule has 1 aromatic heterocycles. The van der Waals surface area contributed by atoms with Gasteiger partial charge in [-0.05, 0) is 12.8 Å². The van der Waals surface area contributed by atoms with E-state index in [4.69, 9.17) is 0 Å². The van der Waals surface area contributed by atoms with E-state index in [2.05, 4.69) is 34.6 Å². The second-order valence-electron chi connectivity index (χ2n) is 4.78. The van der Waals surface area contributed by atoms with Crippen LogP contribution in [0.15, 0.2) is 17.4 Å².